The molecule has 3 nitrogen and oxygen atoms in total. The van der Waals surface area contributed by atoms with Crippen LogP contribution in [0, 0.1) is 5.82 Å². The number of anilines is 1. The molecular weight excluding hydrogens is 233 g/mol. The summed E-state index contributed by atoms with van der Waals surface area (Å²) in [5.41, 5.74) is 0.848. The first-order valence-corrected chi connectivity index (χ1v) is 6.36. The van der Waals surface area contributed by atoms with Gasteiger partial charge in [-0.1, -0.05) is 0 Å². The summed E-state index contributed by atoms with van der Waals surface area (Å²) in [4.78, 5) is 0. The number of ether oxygens (including phenoxy) is 2. The van der Waals surface area contributed by atoms with E-state index >= 15 is 0 Å². The van der Waals surface area contributed by atoms with Crippen molar-refractivity contribution in [1.29, 1.82) is 0 Å². The number of benzene rings is 1. The molecule has 2 rings (SSSR count). The van der Waals surface area contributed by atoms with Crippen LogP contribution in [0.25, 0.3) is 0 Å². The first-order valence-electron chi connectivity index (χ1n) is 6.36. The first-order chi connectivity index (χ1) is 8.72. The van der Waals surface area contributed by atoms with Crippen molar-refractivity contribution < 1.29 is 13.9 Å². The van der Waals surface area contributed by atoms with Crippen molar-refractivity contribution in [2.45, 2.75) is 37.8 Å². The maximum atomic E-state index is 13.1. The molecule has 0 radical (unpaired) electrons. The Kier molecular flexibility index (Phi) is 4.42. The third-order valence-corrected chi connectivity index (χ3v) is 3.48. The van der Waals surface area contributed by atoms with E-state index in [1.165, 1.54) is 12.1 Å². The zero-order chi connectivity index (χ0) is 13.0. The molecule has 1 fully saturated rings. The molecule has 0 saturated heterocycles. The van der Waals surface area contributed by atoms with Crippen LogP contribution in [0.1, 0.15) is 25.7 Å². The second-order valence-corrected chi connectivity index (χ2v) is 4.71. The summed E-state index contributed by atoms with van der Waals surface area (Å²) in [6.07, 6.45) is 4.69. The van der Waals surface area contributed by atoms with Gasteiger partial charge in [-0.3, -0.25) is 0 Å². The van der Waals surface area contributed by atoms with Crippen molar-refractivity contribution in [3.8, 4) is 5.75 Å². The van der Waals surface area contributed by atoms with Crippen molar-refractivity contribution in [2.75, 3.05) is 19.5 Å². The number of halogens is 1. The maximum absolute atomic E-state index is 13.1. The number of nitrogens with one attached hydrogen (secondary N) is 1. The number of hydrogen-bond acceptors (Lipinski definition) is 3. The molecule has 18 heavy (non-hydrogen) atoms. The highest BCUT2D eigenvalue weighted by Crippen LogP contribution is 2.29. The van der Waals surface area contributed by atoms with Gasteiger partial charge in [-0.2, -0.15) is 0 Å². The second kappa shape index (κ2) is 6.05. The highest BCUT2D eigenvalue weighted by molar-refractivity contribution is 5.57. The highest BCUT2D eigenvalue weighted by Gasteiger charge is 2.22. The Bertz CT molecular complexity index is 397. The number of rotatable bonds is 4. The van der Waals surface area contributed by atoms with Crippen LogP contribution in [-0.2, 0) is 4.74 Å². The van der Waals surface area contributed by atoms with Gasteiger partial charge in [0.2, 0.25) is 0 Å². The molecule has 1 aromatic rings. The summed E-state index contributed by atoms with van der Waals surface area (Å²) in [5.74, 6) is 0.269. The van der Waals surface area contributed by atoms with Crippen LogP contribution in [0.3, 0.4) is 0 Å². The van der Waals surface area contributed by atoms with Crippen LogP contribution in [-0.4, -0.2) is 26.4 Å². The molecule has 100 valence electrons. The minimum Gasteiger partial charge on any atom is -0.494 e. The van der Waals surface area contributed by atoms with E-state index in [1.54, 1.807) is 20.3 Å². The summed E-state index contributed by atoms with van der Waals surface area (Å²) in [6.45, 7) is 0. The number of methoxy groups -OCH3 is 2. The second-order valence-electron chi connectivity index (χ2n) is 4.71. The summed E-state index contributed by atoms with van der Waals surface area (Å²) in [5, 5.41) is 3.42. The Morgan fingerprint density at radius 1 is 1.28 bits per heavy atom. The zero-order valence-corrected chi connectivity index (χ0v) is 10.9. The average Bonchev–Trinajstić information content (AvgIpc) is 2.41. The predicted octanol–water partition coefficient (Wildman–Crippen LogP) is 3.20. The minimum absolute atomic E-state index is 0.282. The lowest BCUT2D eigenvalue weighted by molar-refractivity contribution is 0.0669. The largest absolute Gasteiger partial charge is 0.494 e. The summed E-state index contributed by atoms with van der Waals surface area (Å²) < 4.78 is 23.7. The normalized spacial score (nSPS) is 23.7. The van der Waals surface area contributed by atoms with Crippen molar-refractivity contribution in [3.63, 3.8) is 0 Å². The van der Waals surface area contributed by atoms with Gasteiger partial charge in [0.1, 0.15) is 11.6 Å². The molecule has 0 spiro atoms. The SMILES string of the molecule is COc1cc(F)ccc1NC1CCCC(OC)C1. The summed E-state index contributed by atoms with van der Waals surface area (Å²) in [7, 11) is 3.31. The molecular formula is C14H20FNO2. The molecule has 0 aromatic heterocycles. The summed E-state index contributed by atoms with van der Waals surface area (Å²) in [6, 6.07) is 4.94. The van der Waals surface area contributed by atoms with E-state index in [2.05, 4.69) is 5.32 Å². The Balaban J connectivity index is 2.04. The quantitative estimate of drug-likeness (QED) is 0.893. The molecule has 1 aliphatic carbocycles. The molecule has 0 amide bonds. The van der Waals surface area contributed by atoms with Crippen molar-refractivity contribution in [3.05, 3.63) is 24.0 Å². The van der Waals surface area contributed by atoms with E-state index < -0.39 is 0 Å². The van der Waals surface area contributed by atoms with Crippen LogP contribution in [0.15, 0.2) is 18.2 Å². The van der Waals surface area contributed by atoms with Crippen LogP contribution in [0.2, 0.25) is 0 Å². The minimum atomic E-state index is -0.282. The molecule has 2 unspecified atom stereocenters. The highest BCUT2D eigenvalue weighted by atomic mass is 19.1. The van der Waals surface area contributed by atoms with Gasteiger partial charge in [0.05, 0.1) is 18.9 Å². The molecule has 1 aromatic carbocycles. The lowest BCUT2D eigenvalue weighted by Gasteiger charge is -2.30. The summed E-state index contributed by atoms with van der Waals surface area (Å²) >= 11 is 0. The van der Waals surface area contributed by atoms with Crippen LogP contribution >= 0.6 is 0 Å². The van der Waals surface area contributed by atoms with E-state index in [0.717, 1.165) is 31.4 Å². The van der Waals surface area contributed by atoms with Crippen molar-refractivity contribution in [1.82, 2.24) is 0 Å². The smallest absolute Gasteiger partial charge is 0.144 e. The lowest BCUT2D eigenvalue weighted by Crippen LogP contribution is -2.31. The standard InChI is InChI=1S/C14H20FNO2/c1-17-12-5-3-4-11(9-12)16-13-7-6-10(15)8-14(13)18-2/h6-8,11-12,16H,3-5,9H2,1-2H3. The van der Waals surface area contributed by atoms with Gasteiger partial charge < -0.3 is 14.8 Å². The van der Waals surface area contributed by atoms with Crippen LogP contribution < -0.4 is 10.1 Å². The van der Waals surface area contributed by atoms with Gasteiger partial charge in [0, 0.05) is 19.2 Å². The van der Waals surface area contributed by atoms with E-state index in [-0.39, 0.29) is 5.82 Å². The van der Waals surface area contributed by atoms with E-state index in [9.17, 15) is 4.39 Å². The molecule has 0 aliphatic heterocycles. The fourth-order valence-electron chi connectivity index (χ4n) is 2.49. The predicted molar refractivity (Wildman–Crippen MR) is 69.6 cm³/mol. The fraction of sp³-hybridized carbons (Fsp3) is 0.571. The third kappa shape index (κ3) is 3.13. The zero-order valence-electron chi connectivity index (χ0n) is 10.9. The Morgan fingerprint density at radius 3 is 2.83 bits per heavy atom. The first kappa shape index (κ1) is 13.1. The molecule has 1 N–H and O–H groups in total. The molecule has 2 atom stereocenters. The fourth-order valence-corrected chi connectivity index (χ4v) is 2.49. The maximum Gasteiger partial charge on any atom is 0.144 e. The topological polar surface area (TPSA) is 30.5 Å². The molecule has 0 bridgehead atoms. The molecule has 0 heterocycles. The molecule has 1 aliphatic rings. The Hall–Kier alpha value is -1.29. The molecule has 1 saturated carbocycles. The van der Waals surface area contributed by atoms with E-state index in [0.29, 0.717) is 17.9 Å². The van der Waals surface area contributed by atoms with Crippen molar-refractivity contribution >= 4 is 5.69 Å². The lowest BCUT2D eigenvalue weighted by atomic mass is 9.92. The van der Waals surface area contributed by atoms with Gasteiger partial charge in [-0.25, -0.2) is 4.39 Å². The monoisotopic (exact) mass is 253 g/mol. The van der Waals surface area contributed by atoms with E-state index in [1.807, 2.05) is 0 Å². The van der Waals surface area contributed by atoms with Gasteiger partial charge >= 0.3 is 0 Å². The van der Waals surface area contributed by atoms with Gasteiger partial charge in [-0.15, -0.1) is 0 Å². The van der Waals surface area contributed by atoms with Gasteiger partial charge in [-0.05, 0) is 37.8 Å². The van der Waals surface area contributed by atoms with Crippen LogP contribution in [0.5, 0.6) is 5.75 Å². The van der Waals surface area contributed by atoms with Crippen LogP contribution in [0.4, 0.5) is 10.1 Å². The molecule has 4 heteroatoms. The Morgan fingerprint density at radius 2 is 2.11 bits per heavy atom. The van der Waals surface area contributed by atoms with Gasteiger partial charge in [0.25, 0.3) is 0 Å². The average molecular weight is 253 g/mol. The Labute approximate surface area is 107 Å². The van der Waals surface area contributed by atoms with E-state index in [4.69, 9.17) is 9.47 Å². The van der Waals surface area contributed by atoms with Crippen molar-refractivity contribution in [2.24, 2.45) is 0 Å². The van der Waals surface area contributed by atoms with Gasteiger partial charge in [0.15, 0.2) is 0 Å². The third-order valence-electron chi connectivity index (χ3n) is 3.48. The number of hydrogen-bond donors (Lipinski definition) is 1.